The normalized spacial score (nSPS) is 32.8. The van der Waals surface area contributed by atoms with Gasteiger partial charge in [-0.25, -0.2) is 0 Å². The van der Waals surface area contributed by atoms with Crippen molar-refractivity contribution in [2.45, 2.75) is 38.1 Å². The van der Waals surface area contributed by atoms with Gasteiger partial charge in [0.15, 0.2) is 0 Å². The molecule has 1 aliphatic heterocycles. The largest absolute Gasteiger partial charge is 0.313 e. The van der Waals surface area contributed by atoms with Gasteiger partial charge in [0.1, 0.15) is 0 Å². The lowest BCUT2D eigenvalue weighted by atomic mass is 9.97. The van der Waals surface area contributed by atoms with E-state index in [1.807, 2.05) is 0 Å². The number of rotatable bonds is 5. The van der Waals surface area contributed by atoms with Crippen LogP contribution in [-0.2, 0) is 0 Å². The molecule has 1 atom stereocenters. The van der Waals surface area contributed by atoms with Crippen LogP contribution in [0.25, 0.3) is 0 Å². The highest BCUT2D eigenvalue weighted by atomic mass is 32.2. The van der Waals surface area contributed by atoms with E-state index >= 15 is 0 Å². The number of hydrogen-bond donors (Lipinski definition) is 1. The highest BCUT2D eigenvalue weighted by Crippen LogP contribution is 2.48. The third kappa shape index (κ3) is 2.27. The standard InChI is InChI=1S/C12H21NS/c1-2-9(1)12(10-3-4-10)7-13-11-5-6-14-8-11/h9-13H,1-8H2. The van der Waals surface area contributed by atoms with Crippen LogP contribution in [0.5, 0.6) is 0 Å². The van der Waals surface area contributed by atoms with Gasteiger partial charge >= 0.3 is 0 Å². The van der Waals surface area contributed by atoms with E-state index in [9.17, 15) is 0 Å². The summed E-state index contributed by atoms with van der Waals surface area (Å²) in [6.45, 7) is 1.33. The molecule has 80 valence electrons. The molecule has 1 nitrogen and oxygen atoms in total. The first-order valence-electron chi connectivity index (χ1n) is 6.24. The topological polar surface area (TPSA) is 12.0 Å². The molecule has 0 spiro atoms. The second-order valence-electron chi connectivity index (χ2n) is 5.31. The third-order valence-corrected chi connectivity index (χ3v) is 5.19. The minimum absolute atomic E-state index is 0.847. The fraction of sp³-hybridized carbons (Fsp3) is 1.00. The summed E-state index contributed by atoms with van der Waals surface area (Å²) in [5, 5.41) is 3.80. The van der Waals surface area contributed by atoms with Crippen molar-refractivity contribution in [1.82, 2.24) is 5.32 Å². The Labute approximate surface area is 91.4 Å². The molecular weight excluding hydrogens is 190 g/mol. The summed E-state index contributed by atoms with van der Waals surface area (Å²) < 4.78 is 0. The zero-order valence-corrected chi connectivity index (χ0v) is 9.69. The Hall–Kier alpha value is 0.310. The minimum Gasteiger partial charge on any atom is -0.313 e. The number of thioether (sulfide) groups is 1. The van der Waals surface area contributed by atoms with Crippen LogP contribution in [0, 0.1) is 17.8 Å². The van der Waals surface area contributed by atoms with Crippen molar-refractivity contribution in [3.8, 4) is 0 Å². The molecule has 3 fully saturated rings. The molecular formula is C12H21NS. The average Bonchev–Trinajstić information content (AvgIpc) is 3.09. The lowest BCUT2D eigenvalue weighted by Gasteiger charge is -2.19. The first kappa shape index (κ1) is 9.53. The van der Waals surface area contributed by atoms with Crippen LogP contribution in [0.4, 0.5) is 0 Å². The van der Waals surface area contributed by atoms with Gasteiger partial charge in [0.05, 0.1) is 0 Å². The molecule has 3 rings (SSSR count). The van der Waals surface area contributed by atoms with Crippen molar-refractivity contribution >= 4 is 11.8 Å². The lowest BCUT2D eigenvalue weighted by molar-refractivity contribution is 0.361. The van der Waals surface area contributed by atoms with E-state index in [1.165, 1.54) is 50.2 Å². The second-order valence-corrected chi connectivity index (χ2v) is 6.46. The van der Waals surface area contributed by atoms with E-state index in [0.29, 0.717) is 0 Å². The molecule has 14 heavy (non-hydrogen) atoms. The van der Waals surface area contributed by atoms with Gasteiger partial charge in [-0.1, -0.05) is 0 Å². The van der Waals surface area contributed by atoms with Crippen LogP contribution in [0.1, 0.15) is 32.1 Å². The van der Waals surface area contributed by atoms with E-state index < -0.39 is 0 Å². The van der Waals surface area contributed by atoms with Crippen LogP contribution in [0.3, 0.4) is 0 Å². The van der Waals surface area contributed by atoms with Gasteiger partial charge in [-0.05, 0) is 62.2 Å². The highest BCUT2D eigenvalue weighted by Gasteiger charge is 2.41. The van der Waals surface area contributed by atoms with Gasteiger partial charge in [-0.3, -0.25) is 0 Å². The summed E-state index contributed by atoms with van der Waals surface area (Å²) in [5.41, 5.74) is 0. The predicted molar refractivity (Wildman–Crippen MR) is 62.7 cm³/mol. The number of nitrogens with one attached hydrogen (secondary N) is 1. The maximum atomic E-state index is 3.80. The summed E-state index contributed by atoms with van der Waals surface area (Å²) in [6.07, 6.45) is 7.53. The summed E-state index contributed by atoms with van der Waals surface area (Å²) >= 11 is 2.12. The molecule has 0 amide bonds. The zero-order chi connectivity index (χ0) is 9.38. The fourth-order valence-corrected chi connectivity index (χ4v) is 3.95. The van der Waals surface area contributed by atoms with E-state index in [1.54, 1.807) is 0 Å². The predicted octanol–water partition coefficient (Wildman–Crippen LogP) is 2.52. The molecule has 3 aliphatic rings. The highest BCUT2D eigenvalue weighted by molar-refractivity contribution is 7.99. The quantitative estimate of drug-likeness (QED) is 0.750. The first-order valence-corrected chi connectivity index (χ1v) is 7.40. The third-order valence-electron chi connectivity index (χ3n) is 4.03. The van der Waals surface area contributed by atoms with E-state index in [0.717, 1.165) is 23.8 Å². The molecule has 0 aromatic carbocycles. The lowest BCUT2D eigenvalue weighted by Crippen LogP contribution is -2.34. The van der Waals surface area contributed by atoms with Crippen LogP contribution >= 0.6 is 11.8 Å². The van der Waals surface area contributed by atoms with Crippen molar-refractivity contribution in [1.29, 1.82) is 0 Å². The molecule has 0 aromatic heterocycles. The van der Waals surface area contributed by atoms with Gasteiger partial charge < -0.3 is 5.32 Å². The van der Waals surface area contributed by atoms with Gasteiger partial charge in [0, 0.05) is 11.8 Å². The van der Waals surface area contributed by atoms with Crippen LogP contribution in [-0.4, -0.2) is 24.1 Å². The fourth-order valence-electron chi connectivity index (χ4n) is 2.77. The summed E-state index contributed by atoms with van der Waals surface area (Å²) in [4.78, 5) is 0. The van der Waals surface area contributed by atoms with Gasteiger partial charge in [-0.2, -0.15) is 11.8 Å². The molecule has 1 heterocycles. The van der Waals surface area contributed by atoms with E-state index in [-0.39, 0.29) is 0 Å². The molecule has 0 bridgehead atoms. The Morgan fingerprint density at radius 2 is 1.79 bits per heavy atom. The van der Waals surface area contributed by atoms with E-state index in [4.69, 9.17) is 0 Å². The molecule has 1 saturated heterocycles. The Morgan fingerprint density at radius 1 is 1.07 bits per heavy atom. The van der Waals surface area contributed by atoms with Crippen molar-refractivity contribution in [3.63, 3.8) is 0 Å². The van der Waals surface area contributed by atoms with Crippen LogP contribution in [0.15, 0.2) is 0 Å². The Bertz CT molecular complexity index is 180. The Balaban J connectivity index is 1.44. The van der Waals surface area contributed by atoms with Crippen molar-refractivity contribution in [2.24, 2.45) is 17.8 Å². The zero-order valence-electron chi connectivity index (χ0n) is 8.87. The molecule has 2 saturated carbocycles. The number of hydrogen-bond acceptors (Lipinski definition) is 2. The summed E-state index contributed by atoms with van der Waals surface area (Å²) in [5.74, 6) is 6.03. The maximum Gasteiger partial charge on any atom is 0.0166 e. The molecule has 2 heteroatoms. The smallest absolute Gasteiger partial charge is 0.0166 e. The molecule has 1 N–H and O–H groups in total. The molecule has 0 radical (unpaired) electrons. The monoisotopic (exact) mass is 211 g/mol. The maximum absolute atomic E-state index is 3.80. The van der Waals surface area contributed by atoms with Gasteiger partial charge in [-0.15, -0.1) is 0 Å². The van der Waals surface area contributed by atoms with Crippen molar-refractivity contribution < 1.29 is 0 Å². The van der Waals surface area contributed by atoms with Crippen molar-refractivity contribution in [2.75, 3.05) is 18.1 Å². The minimum atomic E-state index is 0.847. The average molecular weight is 211 g/mol. The summed E-state index contributed by atoms with van der Waals surface area (Å²) in [6, 6.07) is 0.847. The molecule has 2 aliphatic carbocycles. The Morgan fingerprint density at radius 3 is 2.29 bits per heavy atom. The SMILES string of the molecule is C1CC(NCC(C2CC2)C2CC2)CS1. The second kappa shape index (κ2) is 4.05. The van der Waals surface area contributed by atoms with Crippen LogP contribution < -0.4 is 5.32 Å². The summed E-state index contributed by atoms with van der Waals surface area (Å²) in [7, 11) is 0. The van der Waals surface area contributed by atoms with Gasteiger partial charge in [0.25, 0.3) is 0 Å². The van der Waals surface area contributed by atoms with Gasteiger partial charge in [0.2, 0.25) is 0 Å². The first-order chi connectivity index (χ1) is 6.93. The molecule has 0 aromatic rings. The van der Waals surface area contributed by atoms with Crippen molar-refractivity contribution in [3.05, 3.63) is 0 Å². The Kier molecular flexibility index (Phi) is 2.76. The van der Waals surface area contributed by atoms with E-state index in [2.05, 4.69) is 17.1 Å². The molecule has 1 unspecified atom stereocenters. The van der Waals surface area contributed by atoms with Crippen LogP contribution in [0.2, 0.25) is 0 Å².